The highest BCUT2D eigenvalue weighted by Gasteiger charge is 2.15. The molecule has 0 aromatic carbocycles. The molecule has 0 aromatic heterocycles. The molecule has 82 valence electrons. The Kier molecular flexibility index (Phi) is 5.51. The molecule has 0 spiro atoms. The molecule has 0 aromatic rings. The van der Waals surface area contributed by atoms with Crippen molar-refractivity contribution in [3.8, 4) is 0 Å². The molecule has 0 aliphatic carbocycles. The van der Waals surface area contributed by atoms with E-state index in [1.807, 2.05) is 0 Å². The molecule has 0 radical (unpaired) electrons. The van der Waals surface area contributed by atoms with Crippen LogP contribution in [0.4, 0.5) is 0 Å². The largest absolute Gasteiger partial charge is 0.381 e. The number of hydrogen-bond acceptors (Lipinski definition) is 4. The van der Waals surface area contributed by atoms with Crippen LogP contribution in [-0.4, -0.2) is 44.8 Å². The second kappa shape index (κ2) is 6.75. The van der Waals surface area contributed by atoms with Crippen LogP contribution in [0.3, 0.4) is 0 Å². The van der Waals surface area contributed by atoms with E-state index in [0.29, 0.717) is 19.6 Å². The summed E-state index contributed by atoms with van der Waals surface area (Å²) in [5.74, 6) is 0.0466. The average Bonchev–Trinajstić information content (AvgIpc) is 2.20. The lowest BCUT2D eigenvalue weighted by atomic mass is 10.1. The first-order valence-electron chi connectivity index (χ1n) is 5.11. The third-order valence-corrected chi connectivity index (χ3v) is 2.19. The summed E-state index contributed by atoms with van der Waals surface area (Å²) in [4.78, 5) is 11.3. The Bertz CT molecular complexity index is 169. The molecule has 0 unspecified atom stereocenters. The van der Waals surface area contributed by atoms with Gasteiger partial charge in [-0.2, -0.15) is 0 Å². The van der Waals surface area contributed by atoms with Crippen LogP contribution in [0.2, 0.25) is 0 Å². The number of carbonyl (C=O) groups is 1. The molecule has 4 N–H and O–H groups in total. The van der Waals surface area contributed by atoms with Gasteiger partial charge in [0.25, 0.3) is 0 Å². The van der Waals surface area contributed by atoms with Gasteiger partial charge in [0.1, 0.15) is 0 Å². The SMILES string of the molecule is NCCNCC(=O)NC1CCOCC1. The zero-order valence-corrected chi connectivity index (χ0v) is 8.42. The highest BCUT2D eigenvalue weighted by atomic mass is 16.5. The molecule has 0 saturated carbocycles. The number of nitrogens with one attached hydrogen (secondary N) is 2. The smallest absolute Gasteiger partial charge is 0.234 e. The van der Waals surface area contributed by atoms with Gasteiger partial charge < -0.3 is 21.1 Å². The Hall–Kier alpha value is -0.650. The van der Waals surface area contributed by atoms with Gasteiger partial charge in [0.05, 0.1) is 6.54 Å². The molecule has 5 nitrogen and oxygen atoms in total. The van der Waals surface area contributed by atoms with Crippen molar-refractivity contribution in [3.63, 3.8) is 0 Å². The number of hydrogen-bond donors (Lipinski definition) is 3. The van der Waals surface area contributed by atoms with Gasteiger partial charge in [-0.15, -0.1) is 0 Å². The minimum absolute atomic E-state index is 0.0466. The minimum Gasteiger partial charge on any atom is -0.381 e. The van der Waals surface area contributed by atoms with Crippen LogP contribution in [0, 0.1) is 0 Å². The van der Waals surface area contributed by atoms with E-state index in [9.17, 15) is 4.79 Å². The van der Waals surface area contributed by atoms with E-state index in [-0.39, 0.29) is 11.9 Å². The molecule has 0 bridgehead atoms. The maximum absolute atomic E-state index is 11.3. The molecular formula is C9H19N3O2. The van der Waals surface area contributed by atoms with Crippen LogP contribution in [0.25, 0.3) is 0 Å². The number of amides is 1. The van der Waals surface area contributed by atoms with Gasteiger partial charge in [0, 0.05) is 32.3 Å². The van der Waals surface area contributed by atoms with Crippen molar-refractivity contribution in [2.75, 3.05) is 32.8 Å². The monoisotopic (exact) mass is 201 g/mol. The van der Waals surface area contributed by atoms with Crippen molar-refractivity contribution in [3.05, 3.63) is 0 Å². The average molecular weight is 201 g/mol. The third kappa shape index (κ3) is 4.55. The van der Waals surface area contributed by atoms with Gasteiger partial charge >= 0.3 is 0 Å². The predicted molar refractivity (Wildman–Crippen MR) is 53.9 cm³/mol. The molecule has 0 atom stereocenters. The van der Waals surface area contributed by atoms with Crippen LogP contribution in [0.15, 0.2) is 0 Å². The highest BCUT2D eigenvalue weighted by molar-refractivity contribution is 5.78. The Balaban J connectivity index is 2.06. The van der Waals surface area contributed by atoms with Crippen LogP contribution >= 0.6 is 0 Å². The first-order valence-corrected chi connectivity index (χ1v) is 5.11. The Labute approximate surface area is 84.4 Å². The van der Waals surface area contributed by atoms with E-state index in [1.54, 1.807) is 0 Å². The second-order valence-corrected chi connectivity index (χ2v) is 3.42. The van der Waals surface area contributed by atoms with E-state index in [1.165, 1.54) is 0 Å². The number of carbonyl (C=O) groups excluding carboxylic acids is 1. The van der Waals surface area contributed by atoms with Gasteiger partial charge in [0.2, 0.25) is 5.91 Å². The van der Waals surface area contributed by atoms with Crippen LogP contribution in [0.1, 0.15) is 12.8 Å². The highest BCUT2D eigenvalue weighted by Crippen LogP contribution is 2.05. The molecule has 1 fully saturated rings. The number of nitrogens with two attached hydrogens (primary N) is 1. The lowest BCUT2D eigenvalue weighted by molar-refractivity contribution is -0.121. The summed E-state index contributed by atoms with van der Waals surface area (Å²) in [6.45, 7) is 3.10. The molecular weight excluding hydrogens is 182 g/mol. The zero-order valence-electron chi connectivity index (χ0n) is 8.42. The quantitative estimate of drug-likeness (QED) is 0.490. The van der Waals surface area contributed by atoms with Crippen LogP contribution in [0.5, 0.6) is 0 Å². The van der Waals surface area contributed by atoms with Crippen molar-refractivity contribution in [1.82, 2.24) is 10.6 Å². The maximum atomic E-state index is 11.3. The first-order chi connectivity index (χ1) is 6.83. The molecule has 5 heteroatoms. The first kappa shape index (κ1) is 11.4. The van der Waals surface area contributed by atoms with E-state index in [4.69, 9.17) is 10.5 Å². The van der Waals surface area contributed by atoms with Crippen LogP contribution < -0.4 is 16.4 Å². The molecule has 1 aliphatic rings. The van der Waals surface area contributed by atoms with E-state index < -0.39 is 0 Å². The summed E-state index contributed by atoms with van der Waals surface area (Å²) in [6.07, 6.45) is 1.84. The molecule has 1 saturated heterocycles. The lowest BCUT2D eigenvalue weighted by Crippen LogP contribution is -2.43. The van der Waals surface area contributed by atoms with Crippen molar-refractivity contribution in [2.24, 2.45) is 5.73 Å². The van der Waals surface area contributed by atoms with Crippen molar-refractivity contribution < 1.29 is 9.53 Å². The van der Waals surface area contributed by atoms with E-state index in [2.05, 4.69) is 10.6 Å². The summed E-state index contributed by atoms with van der Waals surface area (Å²) in [6, 6.07) is 0.288. The minimum atomic E-state index is 0.0466. The normalized spacial score (nSPS) is 18.1. The summed E-state index contributed by atoms with van der Waals surface area (Å²) in [5, 5.41) is 5.91. The van der Waals surface area contributed by atoms with E-state index >= 15 is 0 Å². The molecule has 1 aliphatic heterocycles. The third-order valence-electron chi connectivity index (χ3n) is 2.19. The van der Waals surface area contributed by atoms with E-state index in [0.717, 1.165) is 26.1 Å². The fourth-order valence-electron chi connectivity index (χ4n) is 1.42. The van der Waals surface area contributed by atoms with Crippen molar-refractivity contribution in [2.45, 2.75) is 18.9 Å². The summed E-state index contributed by atoms with van der Waals surface area (Å²) in [5.41, 5.74) is 5.29. The van der Waals surface area contributed by atoms with Gasteiger partial charge in [-0.25, -0.2) is 0 Å². The fraction of sp³-hybridized carbons (Fsp3) is 0.889. The molecule has 1 amide bonds. The number of rotatable bonds is 5. The molecule has 1 heterocycles. The predicted octanol–water partition coefficient (Wildman–Crippen LogP) is -1.17. The topological polar surface area (TPSA) is 76.4 Å². The maximum Gasteiger partial charge on any atom is 0.234 e. The summed E-state index contributed by atoms with van der Waals surface area (Å²) in [7, 11) is 0. The van der Waals surface area contributed by atoms with Gasteiger partial charge in [-0.05, 0) is 12.8 Å². The van der Waals surface area contributed by atoms with Crippen molar-refractivity contribution in [1.29, 1.82) is 0 Å². The zero-order chi connectivity index (χ0) is 10.2. The van der Waals surface area contributed by atoms with Gasteiger partial charge in [-0.3, -0.25) is 4.79 Å². The fourth-order valence-corrected chi connectivity index (χ4v) is 1.42. The van der Waals surface area contributed by atoms with Crippen LogP contribution in [-0.2, 0) is 9.53 Å². The Morgan fingerprint density at radius 1 is 1.43 bits per heavy atom. The number of ether oxygens (including phenoxy) is 1. The Morgan fingerprint density at radius 2 is 2.14 bits per heavy atom. The molecule has 1 rings (SSSR count). The Morgan fingerprint density at radius 3 is 2.79 bits per heavy atom. The van der Waals surface area contributed by atoms with Gasteiger partial charge in [-0.1, -0.05) is 0 Å². The van der Waals surface area contributed by atoms with Gasteiger partial charge in [0.15, 0.2) is 0 Å². The molecule has 14 heavy (non-hydrogen) atoms. The lowest BCUT2D eigenvalue weighted by Gasteiger charge is -2.23. The summed E-state index contributed by atoms with van der Waals surface area (Å²) < 4.78 is 5.20. The standard InChI is InChI=1S/C9H19N3O2/c10-3-4-11-7-9(13)12-8-1-5-14-6-2-8/h8,11H,1-7,10H2,(H,12,13). The summed E-state index contributed by atoms with van der Waals surface area (Å²) >= 11 is 0. The second-order valence-electron chi connectivity index (χ2n) is 3.42. The van der Waals surface area contributed by atoms with Crippen molar-refractivity contribution >= 4 is 5.91 Å².